The van der Waals surface area contributed by atoms with Crippen LogP contribution in [0.5, 0.6) is 0 Å². The van der Waals surface area contributed by atoms with E-state index in [4.69, 9.17) is 4.98 Å². The smallest absolute Gasteiger partial charge is 0.243 e. The summed E-state index contributed by atoms with van der Waals surface area (Å²) in [6.45, 7) is 1.14. The molecule has 1 amide bonds. The summed E-state index contributed by atoms with van der Waals surface area (Å²) in [5.74, 6) is 0.0487. The summed E-state index contributed by atoms with van der Waals surface area (Å²) < 4.78 is 28.0. The highest BCUT2D eigenvalue weighted by molar-refractivity contribution is 7.99. The molecular formula is C31H27N5O3S2. The second-order valence-electron chi connectivity index (χ2n) is 9.61. The molecule has 1 aliphatic rings. The van der Waals surface area contributed by atoms with Crippen LogP contribution in [0.1, 0.15) is 0 Å². The number of hydrogen-bond donors (Lipinski definition) is 0. The van der Waals surface area contributed by atoms with Gasteiger partial charge < -0.3 is 4.90 Å². The van der Waals surface area contributed by atoms with Crippen LogP contribution in [-0.4, -0.2) is 70.6 Å². The van der Waals surface area contributed by atoms with Gasteiger partial charge in [-0.05, 0) is 22.9 Å². The number of carbonyl (C=O) groups excluding carboxylic acids is 1. The van der Waals surface area contributed by atoms with E-state index in [1.165, 1.54) is 16.1 Å². The van der Waals surface area contributed by atoms with Crippen LogP contribution in [0.3, 0.4) is 0 Å². The Labute approximate surface area is 243 Å². The fraction of sp³-hybridized carbons (Fsp3) is 0.161. The Morgan fingerprint density at radius 2 is 1.32 bits per heavy atom. The van der Waals surface area contributed by atoms with Crippen molar-refractivity contribution in [1.82, 2.24) is 24.4 Å². The van der Waals surface area contributed by atoms with Gasteiger partial charge in [-0.3, -0.25) is 4.79 Å². The molecule has 0 bridgehead atoms. The van der Waals surface area contributed by atoms with Gasteiger partial charge in [0.25, 0.3) is 0 Å². The van der Waals surface area contributed by atoms with Crippen molar-refractivity contribution in [3.05, 3.63) is 103 Å². The van der Waals surface area contributed by atoms with Crippen LogP contribution >= 0.6 is 11.8 Å². The molecule has 0 N–H and O–H groups in total. The van der Waals surface area contributed by atoms with Gasteiger partial charge in [-0.25, -0.2) is 13.4 Å². The monoisotopic (exact) mass is 581 g/mol. The zero-order chi connectivity index (χ0) is 28.2. The van der Waals surface area contributed by atoms with Crippen LogP contribution in [0.4, 0.5) is 0 Å². The van der Waals surface area contributed by atoms with Crippen LogP contribution in [0.25, 0.3) is 33.3 Å². The lowest BCUT2D eigenvalue weighted by molar-refractivity contribution is -0.129. The molecule has 0 radical (unpaired) electrons. The van der Waals surface area contributed by atoms with E-state index in [1.807, 2.05) is 91.0 Å². The number of aromatic nitrogens is 3. The van der Waals surface area contributed by atoms with Crippen LogP contribution in [0.2, 0.25) is 0 Å². The van der Waals surface area contributed by atoms with Crippen molar-refractivity contribution in [2.75, 3.05) is 31.9 Å². The molecular weight excluding hydrogens is 555 g/mol. The summed E-state index contributed by atoms with van der Waals surface area (Å²) in [5, 5.41) is 11.0. The number of fused-ring (bicyclic) bond motifs is 1. The van der Waals surface area contributed by atoms with Crippen molar-refractivity contribution in [1.29, 1.82) is 0 Å². The third-order valence-corrected chi connectivity index (χ3v) is 9.75. The fourth-order valence-corrected chi connectivity index (χ4v) is 6.98. The molecule has 0 spiro atoms. The van der Waals surface area contributed by atoms with E-state index in [0.717, 1.165) is 21.9 Å². The van der Waals surface area contributed by atoms with Crippen molar-refractivity contribution in [3.63, 3.8) is 0 Å². The first-order valence-electron chi connectivity index (χ1n) is 13.2. The Balaban J connectivity index is 1.11. The number of piperazine rings is 1. The first-order chi connectivity index (χ1) is 20.0. The molecule has 1 aromatic heterocycles. The van der Waals surface area contributed by atoms with Crippen LogP contribution in [0.15, 0.2) is 113 Å². The van der Waals surface area contributed by atoms with E-state index < -0.39 is 10.0 Å². The second-order valence-corrected chi connectivity index (χ2v) is 12.5. The molecule has 1 saturated heterocycles. The van der Waals surface area contributed by atoms with Gasteiger partial charge in [0.05, 0.1) is 10.6 Å². The number of nitrogens with zero attached hydrogens (tertiary/aromatic N) is 5. The fourth-order valence-electron chi connectivity index (χ4n) is 4.83. The van der Waals surface area contributed by atoms with E-state index >= 15 is 0 Å². The molecule has 1 fully saturated rings. The predicted molar refractivity (Wildman–Crippen MR) is 161 cm³/mol. The number of carbonyl (C=O) groups is 1. The SMILES string of the molecule is O=C(CSc1nnc(-c2ccccc2)c(-c2ccccc2)n1)N1CCN(S(=O)(=O)c2ccc3ccccc3c2)CC1. The van der Waals surface area contributed by atoms with Crippen molar-refractivity contribution in [2.45, 2.75) is 10.1 Å². The van der Waals surface area contributed by atoms with E-state index in [9.17, 15) is 13.2 Å². The maximum atomic E-state index is 13.3. The normalized spacial score (nSPS) is 14.3. The van der Waals surface area contributed by atoms with E-state index in [-0.39, 0.29) is 29.6 Å². The Morgan fingerprint density at radius 1 is 0.707 bits per heavy atom. The number of rotatable bonds is 7. The van der Waals surface area contributed by atoms with Gasteiger partial charge in [-0.15, -0.1) is 10.2 Å². The third-order valence-electron chi connectivity index (χ3n) is 7.04. The summed E-state index contributed by atoms with van der Waals surface area (Å²) in [4.78, 5) is 19.8. The first-order valence-corrected chi connectivity index (χ1v) is 15.7. The Kier molecular flexibility index (Phi) is 7.78. The van der Waals surface area contributed by atoms with Crippen molar-refractivity contribution in [3.8, 4) is 22.5 Å². The van der Waals surface area contributed by atoms with E-state index in [0.29, 0.717) is 29.6 Å². The number of amides is 1. The molecule has 2 heterocycles. The Hall–Kier alpha value is -4.12. The molecule has 0 unspecified atom stereocenters. The maximum Gasteiger partial charge on any atom is 0.243 e. The van der Waals surface area contributed by atoms with Crippen molar-refractivity contribution in [2.24, 2.45) is 0 Å². The molecule has 0 aliphatic carbocycles. The van der Waals surface area contributed by atoms with Gasteiger partial charge in [-0.1, -0.05) is 103 Å². The van der Waals surface area contributed by atoms with Gasteiger partial charge in [-0.2, -0.15) is 4.31 Å². The number of hydrogen-bond acceptors (Lipinski definition) is 7. The van der Waals surface area contributed by atoms with Gasteiger partial charge in [0.1, 0.15) is 11.4 Å². The number of benzene rings is 4. The summed E-state index contributed by atoms with van der Waals surface area (Å²) >= 11 is 1.23. The molecule has 5 aromatic rings. The lowest BCUT2D eigenvalue weighted by atomic mass is 10.0. The van der Waals surface area contributed by atoms with Gasteiger partial charge >= 0.3 is 0 Å². The topological polar surface area (TPSA) is 96.4 Å². The molecule has 206 valence electrons. The minimum absolute atomic E-state index is 0.0882. The standard InChI is InChI=1S/C31H27N5O3S2/c37-28(35-17-19-36(20-18-35)41(38,39)27-16-15-23-9-7-8-14-26(23)21-27)22-40-31-32-29(24-10-3-1-4-11-24)30(33-34-31)25-12-5-2-6-13-25/h1-16,21H,17-20,22H2. The third kappa shape index (κ3) is 5.85. The van der Waals surface area contributed by atoms with Crippen molar-refractivity contribution < 1.29 is 13.2 Å². The highest BCUT2D eigenvalue weighted by atomic mass is 32.2. The molecule has 4 aromatic carbocycles. The van der Waals surface area contributed by atoms with Crippen LogP contribution in [-0.2, 0) is 14.8 Å². The minimum atomic E-state index is -3.65. The van der Waals surface area contributed by atoms with Gasteiger partial charge in [0.15, 0.2) is 0 Å². The zero-order valence-corrected chi connectivity index (χ0v) is 23.8. The molecule has 0 atom stereocenters. The second kappa shape index (κ2) is 11.8. The summed E-state index contributed by atoms with van der Waals surface area (Å²) in [5.41, 5.74) is 3.21. The Bertz CT molecular complexity index is 1790. The molecule has 8 nitrogen and oxygen atoms in total. The van der Waals surface area contributed by atoms with E-state index in [2.05, 4.69) is 10.2 Å². The minimum Gasteiger partial charge on any atom is -0.339 e. The molecule has 1 aliphatic heterocycles. The maximum absolute atomic E-state index is 13.3. The molecule has 6 rings (SSSR count). The number of sulfonamides is 1. The predicted octanol–water partition coefficient (Wildman–Crippen LogP) is 4.98. The lowest BCUT2D eigenvalue weighted by Gasteiger charge is -2.34. The average Bonchev–Trinajstić information content (AvgIpc) is 3.04. The van der Waals surface area contributed by atoms with Crippen LogP contribution in [0, 0.1) is 0 Å². The lowest BCUT2D eigenvalue weighted by Crippen LogP contribution is -2.50. The van der Waals surface area contributed by atoms with Gasteiger partial charge in [0, 0.05) is 37.3 Å². The molecule has 10 heteroatoms. The Morgan fingerprint density at radius 3 is 2.00 bits per heavy atom. The quantitative estimate of drug-likeness (QED) is 0.250. The molecule has 41 heavy (non-hydrogen) atoms. The van der Waals surface area contributed by atoms with E-state index in [1.54, 1.807) is 17.0 Å². The number of thioether (sulfide) groups is 1. The highest BCUT2D eigenvalue weighted by Gasteiger charge is 2.30. The largest absolute Gasteiger partial charge is 0.339 e. The zero-order valence-electron chi connectivity index (χ0n) is 22.1. The summed E-state index contributed by atoms with van der Waals surface area (Å²) in [7, 11) is -3.65. The van der Waals surface area contributed by atoms with Crippen LogP contribution < -0.4 is 0 Å². The first kappa shape index (κ1) is 27.1. The highest BCUT2D eigenvalue weighted by Crippen LogP contribution is 2.30. The summed E-state index contributed by atoms with van der Waals surface area (Å²) in [6.07, 6.45) is 0. The van der Waals surface area contributed by atoms with Gasteiger partial charge in [0.2, 0.25) is 21.1 Å². The summed E-state index contributed by atoms with van der Waals surface area (Å²) in [6, 6.07) is 32.4. The van der Waals surface area contributed by atoms with Crippen molar-refractivity contribution >= 4 is 38.5 Å². The molecule has 0 saturated carbocycles. The average molecular weight is 582 g/mol.